The zero-order valence-corrected chi connectivity index (χ0v) is 16.3. The second-order valence-electron chi connectivity index (χ2n) is 6.93. The summed E-state index contributed by atoms with van der Waals surface area (Å²) in [7, 11) is 1.66. The minimum Gasteiger partial charge on any atom is -0.497 e. The van der Waals surface area contributed by atoms with Gasteiger partial charge < -0.3 is 19.8 Å². The Labute approximate surface area is 165 Å². The number of unbranched alkanes of at least 4 members (excludes halogenated alkanes) is 1. The molecule has 0 saturated carbocycles. The van der Waals surface area contributed by atoms with Crippen molar-refractivity contribution < 1.29 is 9.15 Å². The maximum absolute atomic E-state index is 6.63. The van der Waals surface area contributed by atoms with Crippen LogP contribution in [0.5, 0.6) is 5.75 Å². The summed E-state index contributed by atoms with van der Waals surface area (Å²) in [5.74, 6) is 2.13. The molecule has 0 amide bonds. The van der Waals surface area contributed by atoms with Gasteiger partial charge in [0.05, 0.1) is 18.9 Å². The van der Waals surface area contributed by atoms with Gasteiger partial charge in [-0.05, 0) is 60.9 Å². The second kappa shape index (κ2) is 7.90. The Kier molecular flexibility index (Phi) is 5.17. The summed E-state index contributed by atoms with van der Waals surface area (Å²) in [5, 5.41) is 0. The number of ether oxygens (including phenoxy) is 1. The van der Waals surface area contributed by atoms with E-state index in [4.69, 9.17) is 19.9 Å². The molecular weight excluding hydrogens is 350 g/mol. The molecule has 4 rings (SSSR count). The van der Waals surface area contributed by atoms with Gasteiger partial charge >= 0.3 is 0 Å². The summed E-state index contributed by atoms with van der Waals surface area (Å²) in [6.07, 6.45) is 4.74. The molecule has 0 bridgehead atoms. The Bertz CT molecular complexity index is 958. The summed E-state index contributed by atoms with van der Waals surface area (Å²) in [6, 6.07) is 18.3. The molecule has 2 aromatic carbocycles. The number of benzene rings is 2. The highest BCUT2D eigenvalue weighted by Gasteiger charge is 2.31. The number of hydrogen-bond acceptors (Lipinski definition) is 5. The number of aryl methyl sites for hydroxylation is 1. The summed E-state index contributed by atoms with van der Waals surface area (Å²) >= 11 is 0. The lowest BCUT2D eigenvalue weighted by molar-refractivity contribution is 0.415. The number of rotatable bonds is 6. The average Bonchev–Trinajstić information content (AvgIpc) is 3.22. The van der Waals surface area contributed by atoms with Crippen molar-refractivity contribution in [3.63, 3.8) is 0 Å². The minimum absolute atomic E-state index is 0.371. The lowest BCUT2D eigenvalue weighted by atomic mass is 10.0. The number of amidine groups is 1. The molecule has 144 valence electrons. The van der Waals surface area contributed by atoms with E-state index >= 15 is 0 Å². The van der Waals surface area contributed by atoms with Crippen molar-refractivity contribution in [2.75, 3.05) is 12.0 Å². The predicted octanol–water partition coefficient (Wildman–Crippen LogP) is 5.19. The SMILES string of the molecule is CCCCc1ccc(N2C(c3ccc(OC)cc3)=Nc3occc3C2N)cc1. The van der Waals surface area contributed by atoms with E-state index in [2.05, 4.69) is 36.1 Å². The van der Waals surface area contributed by atoms with Gasteiger partial charge in [0.15, 0.2) is 0 Å². The predicted molar refractivity (Wildman–Crippen MR) is 112 cm³/mol. The quantitative estimate of drug-likeness (QED) is 0.644. The van der Waals surface area contributed by atoms with Crippen LogP contribution in [0.2, 0.25) is 0 Å². The molecule has 1 unspecified atom stereocenters. The van der Waals surface area contributed by atoms with Crippen LogP contribution in [-0.4, -0.2) is 12.9 Å². The van der Waals surface area contributed by atoms with Gasteiger partial charge in [-0.1, -0.05) is 25.5 Å². The molecule has 3 aromatic rings. The smallest absolute Gasteiger partial charge is 0.227 e. The van der Waals surface area contributed by atoms with Crippen LogP contribution in [0.15, 0.2) is 70.3 Å². The molecule has 0 spiro atoms. The number of nitrogens with two attached hydrogens (primary N) is 1. The van der Waals surface area contributed by atoms with E-state index in [1.54, 1.807) is 13.4 Å². The number of fused-ring (bicyclic) bond motifs is 1. The van der Waals surface area contributed by atoms with Crippen molar-refractivity contribution in [2.45, 2.75) is 32.4 Å². The molecule has 2 heterocycles. The van der Waals surface area contributed by atoms with Crippen molar-refractivity contribution >= 4 is 17.4 Å². The number of aliphatic imine (C=N–C) groups is 1. The van der Waals surface area contributed by atoms with E-state index in [1.165, 1.54) is 18.4 Å². The zero-order chi connectivity index (χ0) is 19.5. The van der Waals surface area contributed by atoms with E-state index in [9.17, 15) is 0 Å². The van der Waals surface area contributed by atoms with Crippen LogP contribution in [0.4, 0.5) is 11.6 Å². The zero-order valence-electron chi connectivity index (χ0n) is 16.3. The number of hydrogen-bond donors (Lipinski definition) is 1. The van der Waals surface area contributed by atoms with Gasteiger partial charge in [-0.2, -0.15) is 4.99 Å². The molecule has 0 aliphatic carbocycles. The number of furan rings is 1. The highest BCUT2D eigenvalue weighted by Crippen LogP contribution is 2.37. The Morgan fingerprint density at radius 3 is 2.50 bits per heavy atom. The highest BCUT2D eigenvalue weighted by atomic mass is 16.5. The van der Waals surface area contributed by atoms with Crippen molar-refractivity contribution in [2.24, 2.45) is 10.7 Å². The van der Waals surface area contributed by atoms with Crippen LogP contribution in [0, 0.1) is 0 Å². The Balaban J connectivity index is 1.74. The number of nitrogens with zero attached hydrogens (tertiary/aromatic N) is 2. The first kappa shape index (κ1) is 18.3. The highest BCUT2D eigenvalue weighted by molar-refractivity contribution is 6.12. The average molecular weight is 375 g/mol. The Morgan fingerprint density at radius 1 is 1.07 bits per heavy atom. The van der Waals surface area contributed by atoms with Crippen molar-refractivity contribution in [3.05, 3.63) is 77.6 Å². The van der Waals surface area contributed by atoms with Gasteiger partial charge in [0.2, 0.25) is 5.88 Å². The van der Waals surface area contributed by atoms with Crippen molar-refractivity contribution in [3.8, 4) is 5.75 Å². The third-order valence-electron chi connectivity index (χ3n) is 5.09. The maximum Gasteiger partial charge on any atom is 0.227 e. The number of anilines is 1. The molecule has 1 atom stereocenters. The van der Waals surface area contributed by atoms with Gasteiger partial charge in [0.1, 0.15) is 17.8 Å². The molecule has 0 fully saturated rings. The molecule has 5 nitrogen and oxygen atoms in total. The first-order chi connectivity index (χ1) is 13.7. The second-order valence-corrected chi connectivity index (χ2v) is 6.93. The van der Waals surface area contributed by atoms with Crippen LogP contribution >= 0.6 is 0 Å². The molecular formula is C23H25N3O2. The van der Waals surface area contributed by atoms with Crippen LogP contribution in [0.25, 0.3) is 0 Å². The Hall–Kier alpha value is -3.05. The van der Waals surface area contributed by atoms with Crippen LogP contribution < -0.4 is 15.4 Å². The molecule has 2 N–H and O–H groups in total. The molecule has 1 aromatic heterocycles. The standard InChI is InChI=1S/C23H25N3O2/c1-3-4-5-16-6-10-18(11-7-16)26-21(24)20-14-15-28-23(20)25-22(26)17-8-12-19(27-2)13-9-17/h6-15,21H,3-5,24H2,1-2H3. The normalized spacial score (nSPS) is 15.9. The first-order valence-corrected chi connectivity index (χ1v) is 9.65. The summed E-state index contributed by atoms with van der Waals surface area (Å²) < 4.78 is 10.8. The summed E-state index contributed by atoms with van der Waals surface area (Å²) in [5.41, 5.74) is 10.8. The molecule has 0 saturated heterocycles. The van der Waals surface area contributed by atoms with Crippen molar-refractivity contribution in [1.82, 2.24) is 0 Å². The van der Waals surface area contributed by atoms with Crippen LogP contribution in [-0.2, 0) is 6.42 Å². The minimum atomic E-state index is -0.371. The van der Waals surface area contributed by atoms with Gasteiger partial charge in [-0.15, -0.1) is 0 Å². The fourth-order valence-corrected chi connectivity index (χ4v) is 3.48. The van der Waals surface area contributed by atoms with E-state index in [0.717, 1.165) is 34.8 Å². The van der Waals surface area contributed by atoms with Crippen LogP contribution in [0.1, 0.15) is 42.6 Å². The molecule has 0 radical (unpaired) electrons. The van der Waals surface area contributed by atoms with Gasteiger partial charge in [-0.25, -0.2) is 0 Å². The van der Waals surface area contributed by atoms with Gasteiger partial charge in [-0.3, -0.25) is 0 Å². The van der Waals surface area contributed by atoms with Gasteiger partial charge in [0, 0.05) is 11.3 Å². The lowest BCUT2D eigenvalue weighted by Crippen LogP contribution is -2.41. The third kappa shape index (κ3) is 3.41. The maximum atomic E-state index is 6.63. The summed E-state index contributed by atoms with van der Waals surface area (Å²) in [6.45, 7) is 2.21. The monoisotopic (exact) mass is 375 g/mol. The fraction of sp³-hybridized carbons (Fsp3) is 0.261. The fourth-order valence-electron chi connectivity index (χ4n) is 3.48. The molecule has 5 heteroatoms. The largest absolute Gasteiger partial charge is 0.497 e. The molecule has 28 heavy (non-hydrogen) atoms. The summed E-state index contributed by atoms with van der Waals surface area (Å²) in [4.78, 5) is 6.83. The topological polar surface area (TPSA) is 64.0 Å². The number of methoxy groups -OCH3 is 1. The first-order valence-electron chi connectivity index (χ1n) is 9.65. The van der Waals surface area contributed by atoms with Crippen molar-refractivity contribution in [1.29, 1.82) is 0 Å². The lowest BCUT2D eigenvalue weighted by Gasteiger charge is -2.34. The Morgan fingerprint density at radius 2 is 1.82 bits per heavy atom. The van der Waals surface area contributed by atoms with Crippen LogP contribution in [0.3, 0.4) is 0 Å². The van der Waals surface area contributed by atoms with E-state index in [-0.39, 0.29) is 6.17 Å². The van der Waals surface area contributed by atoms with Gasteiger partial charge in [0.25, 0.3) is 0 Å². The molecule has 1 aliphatic heterocycles. The van der Waals surface area contributed by atoms with E-state index < -0.39 is 0 Å². The molecule has 1 aliphatic rings. The van der Waals surface area contributed by atoms with E-state index in [0.29, 0.717) is 5.88 Å². The van der Waals surface area contributed by atoms with E-state index in [1.807, 2.05) is 30.3 Å². The third-order valence-corrected chi connectivity index (χ3v) is 5.09.